The van der Waals surface area contributed by atoms with Crippen molar-refractivity contribution in [3.05, 3.63) is 0 Å². The molecule has 0 aliphatic heterocycles. The molecule has 0 spiro atoms. The van der Waals surface area contributed by atoms with Crippen molar-refractivity contribution in [2.75, 3.05) is 0 Å². The molecule has 7 heteroatoms. The maximum Gasteiger partial charge on any atom is 0.452 e. The Balaban J connectivity index is 4.22. The van der Waals surface area contributed by atoms with Crippen molar-refractivity contribution in [3.63, 3.8) is 0 Å². The second-order valence-corrected chi connectivity index (χ2v) is 2.55. The van der Waals surface area contributed by atoms with Gasteiger partial charge in [-0.1, -0.05) is 9.24 Å². The van der Waals surface area contributed by atoms with Crippen molar-refractivity contribution in [1.29, 1.82) is 0 Å². The van der Waals surface area contributed by atoms with Crippen molar-refractivity contribution in [2.45, 2.75) is 25.1 Å². The van der Waals surface area contributed by atoms with Crippen LogP contribution in [0.5, 0.6) is 0 Å². The summed E-state index contributed by atoms with van der Waals surface area (Å²) in [6.45, 7) is 0.657. The van der Waals surface area contributed by atoms with E-state index in [2.05, 4.69) is 4.74 Å². The van der Waals surface area contributed by atoms with E-state index in [0.717, 1.165) is 9.24 Å². The standard InChI is InChI=1S/C4H6F5OP/c1-2(5)10-4(9,11)3(6,7)8/h2H,11H2,1H3. The number of rotatable bonds is 2. The van der Waals surface area contributed by atoms with Crippen molar-refractivity contribution in [3.8, 4) is 0 Å². The van der Waals surface area contributed by atoms with Crippen LogP contribution in [0.1, 0.15) is 6.92 Å². The molecule has 0 N–H and O–H groups in total. The Bertz CT molecular complexity index is 131. The molecule has 68 valence electrons. The quantitative estimate of drug-likeness (QED) is 0.486. The molecule has 0 amide bonds. The highest BCUT2D eigenvalue weighted by Gasteiger charge is 2.55. The first-order chi connectivity index (χ1) is 4.67. The number of alkyl halides is 5. The Labute approximate surface area is 62.1 Å². The molecule has 3 unspecified atom stereocenters. The smallest absolute Gasteiger partial charge is 0.302 e. The fourth-order valence-corrected chi connectivity index (χ4v) is 0.491. The fraction of sp³-hybridized carbons (Fsp3) is 1.00. The zero-order valence-corrected chi connectivity index (χ0v) is 6.61. The molecular weight excluding hydrogens is 190 g/mol. The minimum absolute atomic E-state index is 0.657. The fourth-order valence-electron chi connectivity index (χ4n) is 0.303. The summed E-state index contributed by atoms with van der Waals surface area (Å²) < 4.78 is 61.8. The summed E-state index contributed by atoms with van der Waals surface area (Å²) in [7, 11) is 0.752. The Morgan fingerprint density at radius 3 is 1.73 bits per heavy atom. The number of ether oxygens (including phenoxy) is 1. The van der Waals surface area contributed by atoms with Gasteiger partial charge in [-0.05, 0) is 6.92 Å². The van der Waals surface area contributed by atoms with Crippen molar-refractivity contribution in [2.24, 2.45) is 0 Å². The lowest BCUT2D eigenvalue weighted by Crippen LogP contribution is -2.38. The maximum absolute atomic E-state index is 12.2. The summed E-state index contributed by atoms with van der Waals surface area (Å²) in [6, 6.07) is 0. The summed E-state index contributed by atoms with van der Waals surface area (Å²) in [4.78, 5) is 0. The highest BCUT2D eigenvalue weighted by molar-refractivity contribution is 7.18. The minimum atomic E-state index is -5.24. The van der Waals surface area contributed by atoms with E-state index in [4.69, 9.17) is 0 Å². The Morgan fingerprint density at radius 1 is 1.27 bits per heavy atom. The Kier molecular flexibility index (Phi) is 3.20. The summed E-state index contributed by atoms with van der Waals surface area (Å²) in [5, 5.41) is 0. The van der Waals surface area contributed by atoms with Gasteiger partial charge in [-0.15, -0.1) is 0 Å². The van der Waals surface area contributed by atoms with E-state index >= 15 is 0 Å². The van der Waals surface area contributed by atoms with Crippen LogP contribution < -0.4 is 0 Å². The van der Waals surface area contributed by atoms with Crippen LogP contribution in [0.4, 0.5) is 22.0 Å². The number of hydrogen-bond acceptors (Lipinski definition) is 1. The van der Waals surface area contributed by atoms with Crippen molar-refractivity contribution in [1.82, 2.24) is 0 Å². The topological polar surface area (TPSA) is 9.23 Å². The molecule has 0 fully saturated rings. The van der Waals surface area contributed by atoms with Gasteiger partial charge in [0.25, 0.3) is 0 Å². The molecular formula is C4H6F5OP. The van der Waals surface area contributed by atoms with E-state index in [9.17, 15) is 22.0 Å². The molecule has 0 aromatic heterocycles. The largest absolute Gasteiger partial charge is 0.452 e. The lowest BCUT2D eigenvalue weighted by Gasteiger charge is -2.23. The van der Waals surface area contributed by atoms with Crippen LogP contribution in [0, 0.1) is 0 Å². The zero-order chi connectivity index (χ0) is 9.28. The first kappa shape index (κ1) is 11.0. The third-order valence-electron chi connectivity index (χ3n) is 0.720. The average Bonchev–Trinajstić information content (AvgIpc) is 1.56. The molecule has 0 aliphatic rings. The summed E-state index contributed by atoms with van der Waals surface area (Å²) in [5.74, 6) is 0. The molecule has 0 saturated carbocycles. The van der Waals surface area contributed by atoms with E-state index in [-0.39, 0.29) is 0 Å². The minimum Gasteiger partial charge on any atom is -0.302 e. The van der Waals surface area contributed by atoms with Crippen molar-refractivity contribution < 1.29 is 26.7 Å². The van der Waals surface area contributed by atoms with Crippen LogP contribution in [-0.4, -0.2) is 18.1 Å². The predicted octanol–water partition coefficient (Wildman–Crippen LogP) is 2.38. The second kappa shape index (κ2) is 3.19. The van der Waals surface area contributed by atoms with Crippen molar-refractivity contribution >= 4 is 9.24 Å². The monoisotopic (exact) mass is 196 g/mol. The van der Waals surface area contributed by atoms with Gasteiger partial charge < -0.3 is 4.74 Å². The normalized spacial score (nSPS) is 21.0. The van der Waals surface area contributed by atoms with Gasteiger partial charge in [-0.2, -0.15) is 17.6 Å². The third-order valence-corrected chi connectivity index (χ3v) is 1.18. The zero-order valence-electron chi connectivity index (χ0n) is 5.45. The van der Waals surface area contributed by atoms with E-state index in [1.807, 2.05) is 0 Å². The van der Waals surface area contributed by atoms with Gasteiger partial charge >= 0.3 is 11.8 Å². The molecule has 0 aromatic rings. The molecule has 11 heavy (non-hydrogen) atoms. The Hall–Kier alpha value is 0.0400. The van der Waals surface area contributed by atoms with Gasteiger partial charge in [0.15, 0.2) is 6.36 Å². The predicted molar refractivity (Wildman–Crippen MR) is 31.3 cm³/mol. The van der Waals surface area contributed by atoms with Gasteiger partial charge in [0, 0.05) is 0 Å². The summed E-state index contributed by atoms with van der Waals surface area (Å²) >= 11 is 0. The first-order valence-electron chi connectivity index (χ1n) is 2.53. The van der Waals surface area contributed by atoms with Gasteiger partial charge in [0.05, 0.1) is 0 Å². The average molecular weight is 196 g/mol. The molecule has 0 heterocycles. The number of halogens is 5. The van der Waals surface area contributed by atoms with Gasteiger partial charge in [-0.25, -0.2) is 4.39 Å². The van der Waals surface area contributed by atoms with Crippen LogP contribution >= 0.6 is 9.24 Å². The van der Waals surface area contributed by atoms with Crippen LogP contribution in [0.3, 0.4) is 0 Å². The molecule has 0 bridgehead atoms. The second-order valence-electron chi connectivity index (χ2n) is 1.80. The summed E-state index contributed by atoms with van der Waals surface area (Å²) in [6.07, 6.45) is -7.54. The van der Waals surface area contributed by atoms with Gasteiger partial charge in [0.1, 0.15) is 0 Å². The highest BCUT2D eigenvalue weighted by Crippen LogP contribution is 2.41. The van der Waals surface area contributed by atoms with Crippen LogP contribution in [0.2, 0.25) is 0 Å². The molecule has 0 aliphatic carbocycles. The van der Waals surface area contributed by atoms with E-state index in [0.29, 0.717) is 6.92 Å². The summed E-state index contributed by atoms with van der Waals surface area (Å²) in [5.41, 5.74) is -4.00. The van der Waals surface area contributed by atoms with Crippen LogP contribution in [0.25, 0.3) is 0 Å². The number of hydrogen-bond donors (Lipinski definition) is 0. The molecule has 0 saturated heterocycles. The van der Waals surface area contributed by atoms with Crippen LogP contribution in [0.15, 0.2) is 0 Å². The maximum atomic E-state index is 12.2. The first-order valence-corrected chi connectivity index (χ1v) is 3.11. The van der Waals surface area contributed by atoms with E-state index in [1.54, 1.807) is 0 Å². The lowest BCUT2D eigenvalue weighted by atomic mass is 10.6. The SMILES string of the molecule is CC(F)OC(F)(P)C(F)(F)F. The highest BCUT2D eigenvalue weighted by atomic mass is 31.0. The van der Waals surface area contributed by atoms with E-state index < -0.39 is 18.1 Å². The van der Waals surface area contributed by atoms with Gasteiger partial charge in [0.2, 0.25) is 0 Å². The molecule has 0 rings (SSSR count). The molecule has 0 aromatic carbocycles. The van der Waals surface area contributed by atoms with Gasteiger partial charge in [-0.3, -0.25) is 0 Å². The van der Waals surface area contributed by atoms with Crippen LogP contribution in [-0.2, 0) is 4.74 Å². The molecule has 3 atom stereocenters. The van der Waals surface area contributed by atoms with E-state index in [1.165, 1.54) is 0 Å². The molecule has 1 nitrogen and oxygen atoms in total. The third kappa shape index (κ3) is 3.29. The lowest BCUT2D eigenvalue weighted by molar-refractivity contribution is -0.310. The molecule has 0 radical (unpaired) electrons. The Morgan fingerprint density at radius 2 is 1.64 bits per heavy atom.